The maximum absolute atomic E-state index is 13.4. The highest BCUT2D eigenvalue weighted by molar-refractivity contribution is 5.81. The molecule has 1 saturated heterocycles. The first-order valence-corrected chi connectivity index (χ1v) is 8.76. The molecule has 2 aromatic heterocycles. The quantitative estimate of drug-likeness (QED) is 0.718. The van der Waals surface area contributed by atoms with Crippen LogP contribution in [0, 0.1) is 5.82 Å². The van der Waals surface area contributed by atoms with Gasteiger partial charge in [-0.1, -0.05) is 0 Å². The number of nitrogens with zero attached hydrogens (tertiary/aromatic N) is 5. The molecule has 0 radical (unpaired) electrons. The Morgan fingerprint density at radius 2 is 1.85 bits per heavy atom. The number of hydrogen-bond donors (Lipinski definition) is 0. The van der Waals surface area contributed by atoms with E-state index < -0.39 is 0 Å². The van der Waals surface area contributed by atoms with E-state index in [1.165, 1.54) is 16.4 Å². The molecule has 0 saturated carbocycles. The third-order valence-electron chi connectivity index (χ3n) is 5.18. The first-order valence-electron chi connectivity index (χ1n) is 8.76. The van der Waals surface area contributed by atoms with Crippen LogP contribution in [0.3, 0.4) is 0 Å². The lowest BCUT2D eigenvalue weighted by Gasteiger charge is -2.35. The summed E-state index contributed by atoms with van der Waals surface area (Å²) in [7, 11) is 3.68. The lowest BCUT2D eigenvalue weighted by molar-refractivity contribution is 0.245. The maximum atomic E-state index is 13.4. The summed E-state index contributed by atoms with van der Waals surface area (Å²) in [4.78, 5) is 16.3. The average Bonchev–Trinajstić information content (AvgIpc) is 2.93. The highest BCUT2D eigenvalue weighted by Gasteiger charge is 2.19. The summed E-state index contributed by atoms with van der Waals surface area (Å²) in [5.41, 5.74) is 3.01. The number of aryl methyl sites for hydroxylation is 2. The van der Waals surface area contributed by atoms with Gasteiger partial charge in [-0.25, -0.2) is 9.07 Å². The number of anilines is 1. The molecule has 1 aliphatic heterocycles. The van der Waals surface area contributed by atoms with Gasteiger partial charge in [-0.05, 0) is 24.3 Å². The second kappa shape index (κ2) is 6.57. The highest BCUT2D eigenvalue weighted by atomic mass is 19.1. The van der Waals surface area contributed by atoms with Gasteiger partial charge in [0.05, 0.1) is 11.9 Å². The van der Waals surface area contributed by atoms with Crippen molar-refractivity contribution in [2.75, 3.05) is 31.1 Å². The van der Waals surface area contributed by atoms with E-state index in [-0.39, 0.29) is 11.4 Å². The van der Waals surface area contributed by atoms with Crippen LogP contribution in [-0.4, -0.2) is 45.4 Å². The topological polar surface area (TPSA) is 46.3 Å². The Balaban J connectivity index is 1.44. The van der Waals surface area contributed by atoms with Crippen LogP contribution in [0.5, 0.6) is 0 Å². The number of benzene rings is 1. The van der Waals surface area contributed by atoms with Crippen molar-refractivity contribution in [3.63, 3.8) is 0 Å². The molecule has 0 N–H and O–H groups in total. The normalized spacial score (nSPS) is 15.7. The molecule has 1 aliphatic rings. The largest absolute Gasteiger partial charge is 0.368 e. The molecule has 4 rings (SSSR count). The highest BCUT2D eigenvalue weighted by Crippen LogP contribution is 2.22. The van der Waals surface area contributed by atoms with Crippen molar-refractivity contribution < 1.29 is 4.39 Å². The van der Waals surface area contributed by atoms with Gasteiger partial charge >= 0.3 is 0 Å². The Bertz CT molecular complexity index is 1000. The van der Waals surface area contributed by atoms with E-state index in [9.17, 15) is 9.18 Å². The molecule has 3 heterocycles. The van der Waals surface area contributed by atoms with E-state index in [0.29, 0.717) is 0 Å². The Labute approximate surface area is 151 Å². The van der Waals surface area contributed by atoms with Crippen LogP contribution in [0.15, 0.2) is 41.3 Å². The monoisotopic (exact) mass is 355 g/mol. The fourth-order valence-corrected chi connectivity index (χ4v) is 3.56. The summed E-state index contributed by atoms with van der Waals surface area (Å²) in [6, 6.07) is 8.62. The summed E-state index contributed by atoms with van der Waals surface area (Å²) < 4.78 is 16.9. The van der Waals surface area contributed by atoms with Crippen molar-refractivity contribution in [2.45, 2.75) is 6.54 Å². The van der Waals surface area contributed by atoms with Crippen LogP contribution >= 0.6 is 0 Å². The summed E-state index contributed by atoms with van der Waals surface area (Å²) in [5, 5.41) is 5.04. The van der Waals surface area contributed by atoms with Crippen LogP contribution in [0.2, 0.25) is 0 Å². The van der Waals surface area contributed by atoms with Crippen molar-refractivity contribution in [1.29, 1.82) is 0 Å². The van der Waals surface area contributed by atoms with Gasteiger partial charge in [0.15, 0.2) is 0 Å². The van der Waals surface area contributed by atoms with E-state index in [1.807, 2.05) is 13.1 Å². The van der Waals surface area contributed by atoms with Gasteiger partial charge in [0, 0.05) is 69.5 Å². The second-order valence-electron chi connectivity index (χ2n) is 6.84. The molecule has 26 heavy (non-hydrogen) atoms. The van der Waals surface area contributed by atoms with Gasteiger partial charge in [-0.3, -0.25) is 9.69 Å². The van der Waals surface area contributed by atoms with Crippen molar-refractivity contribution in [2.24, 2.45) is 14.1 Å². The molecule has 0 bridgehead atoms. The number of aromatic nitrogens is 3. The van der Waals surface area contributed by atoms with Gasteiger partial charge in [0.2, 0.25) is 0 Å². The van der Waals surface area contributed by atoms with E-state index in [4.69, 9.17) is 0 Å². The molecule has 0 unspecified atom stereocenters. The Morgan fingerprint density at radius 3 is 2.58 bits per heavy atom. The maximum Gasteiger partial charge on any atom is 0.268 e. The lowest BCUT2D eigenvalue weighted by atomic mass is 10.2. The molecule has 1 aromatic carbocycles. The molecular weight excluding hydrogens is 333 g/mol. The van der Waals surface area contributed by atoms with Gasteiger partial charge in [-0.15, -0.1) is 0 Å². The average molecular weight is 355 g/mol. The molecule has 0 amide bonds. The molecule has 6 nitrogen and oxygen atoms in total. The van der Waals surface area contributed by atoms with Crippen LogP contribution in [-0.2, 0) is 20.6 Å². The molecule has 7 heteroatoms. The summed E-state index contributed by atoms with van der Waals surface area (Å²) in [6.45, 7) is 4.35. The molecule has 136 valence electrons. The third-order valence-corrected chi connectivity index (χ3v) is 5.18. The predicted octanol–water partition coefficient (Wildman–Crippen LogP) is 1.73. The van der Waals surface area contributed by atoms with Crippen LogP contribution in [0.4, 0.5) is 10.1 Å². The van der Waals surface area contributed by atoms with E-state index in [2.05, 4.69) is 25.5 Å². The molecular formula is C19H22FN5O. The number of hydrogen-bond acceptors (Lipinski definition) is 4. The smallest absolute Gasteiger partial charge is 0.268 e. The van der Waals surface area contributed by atoms with Crippen molar-refractivity contribution >= 4 is 16.6 Å². The SMILES string of the molecule is Cn1ncc(N2CCN(Cc3cc4cc(F)ccc4n3C)CC2)cc1=O. The van der Waals surface area contributed by atoms with Crippen molar-refractivity contribution in [1.82, 2.24) is 19.2 Å². The van der Waals surface area contributed by atoms with Gasteiger partial charge in [-0.2, -0.15) is 5.10 Å². The van der Waals surface area contributed by atoms with Crippen LogP contribution in [0.25, 0.3) is 10.9 Å². The van der Waals surface area contributed by atoms with E-state index >= 15 is 0 Å². The van der Waals surface area contributed by atoms with Gasteiger partial charge in [0.1, 0.15) is 5.82 Å². The van der Waals surface area contributed by atoms with Crippen LogP contribution < -0.4 is 10.5 Å². The third kappa shape index (κ3) is 3.10. The number of piperazine rings is 1. The molecule has 0 spiro atoms. The fraction of sp³-hybridized carbons (Fsp3) is 0.368. The predicted molar refractivity (Wildman–Crippen MR) is 99.8 cm³/mol. The molecule has 0 aliphatic carbocycles. The zero-order chi connectivity index (χ0) is 18.3. The summed E-state index contributed by atoms with van der Waals surface area (Å²) >= 11 is 0. The fourth-order valence-electron chi connectivity index (χ4n) is 3.56. The van der Waals surface area contributed by atoms with Gasteiger partial charge in [0.25, 0.3) is 5.56 Å². The van der Waals surface area contributed by atoms with E-state index in [1.54, 1.807) is 25.4 Å². The number of rotatable bonds is 3. The Hall–Kier alpha value is -2.67. The Morgan fingerprint density at radius 1 is 1.08 bits per heavy atom. The first-order chi connectivity index (χ1) is 12.5. The zero-order valence-electron chi connectivity index (χ0n) is 15.0. The molecule has 1 fully saturated rings. The second-order valence-corrected chi connectivity index (χ2v) is 6.84. The minimum absolute atomic E-state index is 0.0901. The lowest BCUT2D eigenvalue weighted by Crippen LogP contribution is -2.46. The summed E-state index contributed by atoms with van der Waals surface area (Å²) in [5.74, 6) is -0.203. The molecule has 3 aromatic rings. The molecule has 0 atom stereocenters. The van der Waals surface area contributed by atoms with Gasteiger partial charge < -0.3 is 9.47 Å². The summed E-state index contributed by atoms with van der Waals surface area (Å²) in [6.07, 6.45) is 1.75. The van der Waals surface area contributed by atoms with Crippen molar-refractivity contribution in [3.05, 3.63) is 58.4 Å². The first kappa shape index (κ1) is 16.8. The van der Waals surface area contributed by atoms with E-state index in [0.717, 1.165) is 49.3 Å². The standard InChI is InChI=1S/C19H22FN5O/c1-22-17(10-14-9-15(20)3-4-18(14)22)13-24-5-7-25(8-6-24)16-11-19(26)23(2)21-12-16/h3-4,9-12H,5-8,13H2,1-2H3. The number of halogens is 1. The minimum atomic E-state index is -0.203. The minimum Gasteiger partial charge on any atom is -0.368 e. The Kier molecular flexibility index (Phi) is 4.24. The van der Waals surface area contributed by atoms with Crippen LogP contribution in [0.1, 0.15) is 5.69 Å². The van der Waals surface area contributed by atoms with Crippen molar-refractivity contribution in [3.8, 4) is 0 Å². The zero-order valence-corrected chi connectivity index (χ0v) is 15.0. The number of fused-ring (bicyclic) bond motifs is 1.